The van der Waals surface area contributed by atoms with E-state index in [9.17, 15) is 19.7 Å². The second kappa shape index (κ2) is 7.22. The minimum atomic E-state index is -0.966. The number of aliphatic carboxylic acids is 1. The minimum Gasteiger partial charge on any atom is -0.481 e. The third-order valence-electron chi connectivity index (χ3n) is 2.81. The fraction of sp³-hybridized carbons (Fsp3) is 0.385. The number of carbonyl (C=O) groups is 2. The Morgan fingerprint density at radius 1 is 1.45 bits per heavy atom. The van der Waals surface area contributed by atoms with Gasteiger partial charge in [0.1, 0.15) is 0 Å². The van der Waals surface area contributed by atoms with E-state index < -0.39 is 22.7 Å². The standard InChI is InChI=1S/C13H16N2O5/c1-2-4-10(13(17)18)8-14-12(16)9-5-3-6-11(7-9)15(19)20/h3,5-7,10H,2,4,8H2,1H3,(H,14,16)(H,17,18). The maximum absolute atomic E-state index is 11.8. The second-order valence-electron chi connectivity index (χ2n) is 4.34. The van der Waals surface area contributed by atoms with Crippen LogP contribution in [-0.4, -0.2) is 28.5 Å². The summed E-state index contributed by atoms with van der Waals surface area (Å²) in [5.41, 5.74) is -0.0409. The van der Waals surface area contributed by atoms with Gasteiger partial charge in [-0.2, -0.15) is 0 Å². The highest BCUT2D eigenvalue weighted by Gasteiger charge is 2.18. The van der Waals surface area contributed by atoms with Crippen molar-refractivity contribution in [2.24, 2.45) is 5.92 Å². The van der Waals surface area contributed by atoms with Crippen LogP contribution < -0.4 is 5.32 Å². The van der Waals surface area contributed by atoms with Crippen LogP contribution in [0.1, 0.15) is 30.1 Å². The molecule has 0 saturated heterocycles. The highest BCUT2D eigenvalue weighted by molar-refractivity contribution is 5.95. The molecule has 1 aromatic carbocycles. The summed E-state index contributed by atoms with van der Waals surface area (Å²) in [6.07, 6.45) is 1.16. The maximum atomic E-state index is 11.8. The van der Waals surface area contributed by atoms with Crippen LogP contribution in [0.25, 0.3) is 0 Å². The van der Waals surface area contributed by atoms with Crippen molar-refractivity contribution >= 4 is 17.6 Å². The number of benzene rings is 1. The first-order valence-corrected chi connectivity index (χ1v) is 6.21. The molecule has 1 rings (SSSR count). The lowest BCUT2D eigenvalue weighted by atomic mass is 10.0. The first-order chi connectivity index (χ1) is 9.45. The van der Waals surface area contributed by atoms with E-state index in [0.29, 0.717) is 12.8 Å². The zero-order valence-electron chi connectivity index (χ0n) is 11.0. The molecule has 7 heteroatoms. The summed E-state index contributed by atoms with van der Waals surface area (Å²) in [6.45, 7) is 1.86. The molecule has 108 valence electrons. The molecule has 0 saturated carbocycles. The Morgan fingerprint density at radius 3 is 2.70 bits per heavy atom. The van der Waals surface area contributed by atoms with Crippen molar-refractivity contribution in [1.82, 2.24) is 5.32 Å². The Balaban J connectivity index is 2.69. The van der Waals surface area contributed by atoms with Gasteiger partial charge in [0.25, 0.3) is 11.6 Å². The van der Waals surface area contributed by atoms with Gasteiger partial charge in [-0.25, -0.2) is 0 Å². The average molecular weight is 280 g/mol. The third-order valence-corrected chi connectivity index (χ3v) is 2.81. The highest BCUT2D eigenvalue weighted by atomic mass is 16.6. The van der Waals surface area contributed by atoms with Crippen molar-refractivity contribution in [2.75, 3.05) is 6.54 Å². The molecule has 0 heterocycles. The third kappa shape index (κ3) is 4.34. The molecule has 0 aliphatic heterocycles. The molecule has 0 bridgehead atoms. The number of amides is 1. The summed E-state index contributed by atoms with van der Waals surface area (Å²) in [5, 5.41) is 22.1. The first-order valence-electron chi connectivity index (χ1n) is 6.21. The smallest absolute Gasteiger partial charge is 0.308 e. The van der Waals surface area contributed by atoms with E-state index in [1.54, 1.807) is 0 Å². The van der Waals surface area contributed by atoms with Crippen LogP contribution in [0.5, 0.6) is 0 Å². The van der Waals surface area contributed by atoms with Crippen LogP contribution in [0.2, 0.25) is 0 Å². The van der Waals surface area contributed by atoms with Gasteiger partial charge >= 0.3 is 5.97 Å². The molecular weight excluding hydrogens is 264 g/mol. The number of nitro groups is 1. The number of nitrogens with one attached hydrogen (secondary N) is 1. The molecule has 1 amide bonds. The van der Waals surface area contributed by atoms with Gasteiger partial charge in [-0.1, -0.05) is 19.4 Å². The number of nitro benzene ring substituents is 1. The average Bonchev–Trinajstić information content (AvgIpc) is 2.42. The van der Waals surface area contributed by atoms with E-state index in [-0.39, 0.29) is 17.8 Å². The minimum absolute atomic E-state index is 0.00466. The molecule has 1 unspecified atom stereocenters. The van der Waals surface area contributed by atoms with E-state index in [1.807, 2.05) is 6.92 Å². The van der Waals surface area contributed by atoms with Crippen LogP contribution >= 0.6 is 0 Å². The van der Waals surface area contributed by atoms with Gasteiger partial charge in [-0.3, -0.25) is 19.7 Å². The van der Waals surface area contributed by atoms with E-state index in [4.69, 9.17) is 5.11 Å². The lowest BCUT2D eigenvalue weighted by Gasteiger charge is -2.12. The quantitative estimate of drug-likeness (QED) is 0.584. The number of carbonyl (C=O) groups excluding carboxylic acids is 1. The molecule has 1 aromatic rings. The van der Waals surface area contributed by atoms with Crippen LogP contribution in [0, 0.1) is 16.0 Å². The first kappa shape index (κ1) is 15.6. The molecule has 0 radical (unpaired) electrons. The van der Waals surface area contributed by atoms with Crippen molar-refractivity contribution < 1.29 is 19.6 Å². The predicted molar refractivity (Wildman–Crippen MR) is 71.5 cm³/mol. The van der Waals surface area contributed by atoms with Gasteiger partial charge in [0.2, 0.25) is 0 Å². The monoisotopic (exact) mass is 280 g/mol. The van der Waals surface area contributed by atoms with E-state index in [2.05, 4.69) is 5.32 Å². The van der Waals surface area contributed by atoms with E-state index in [1.165, 1.54) is 18.2 Å². The number of carboxylic acid groups (broad SMARTS) is 1. The number of hydrogen-bond donors (Lipinski definition) is 2. The van der Waals surface area contributed by atoms with Gasteiger partial charge in [0.05, 0.1) is 10.8 Å². The van der Waals surface area contributed by atoms with Gasteiger partial charge in [0.15, 0.2) is 0 Å². The topological polar surface area (TPSA) is 110 Å². The summed E-state index contributed by atoms with van der Waals surface area (Å²) in [5.74, 6) is -2.13. The summed E-state index contributed by atoms with van der Waals surface area (Å²) in [6, 6.07) is 5.30. The molecular formula is C13H16N2O5. The Labute approximate surface area is 115 Å². The fourth-order valence-corrected chi connectivity index (χ4v) is 1.74. The van der Waals surface area contributed by atoms with Gasteiger partial charge in [0, 0.05) is 24.2 Å². The van der Waals surface area contributed by atoms with Gasteiger partial charge in [-0.15, -0.1) is 0 Å². The van der Waals surface area contributed by atoms with Crippen LogP contribution in [0.4, 0.5) is 5.69 Å². The molecule has 2 N–H and O–H groups in total. The van der Waals surface area contributed by atoms with Crippen molar-refractivity contribution in [2.45, 2.75) is 19.8 Å². The molecule has 0 spiro atoms. The summed E-state index contributed by atoms with van der Waals surface area (Å²) in [7, 11) is 0. The molecule has 20 heavy (non-hydrogen) atoms. The Morgan fingerprint density at radius 2 is 2.15 bits per heavy atom. The molecule has 7 nitrogen and oxygen atoms in total. The normalized spacial score (nSPS) is 11.7. The number of carboxylic acids is 1. The highest BCUT2D eigenvalue weighted by Crippen LogP contribution is 2.13. The van der Waals surface area contributed by atoms with Crippen LogP contribution in [0.15, 0.2) is 24.3 Å². The lowest BCUT2D eigenvalue weighted by molar-refractivity contribution is -0.384. The zero-order valence-corrected chi connectivity index (χ0v) is 11.0. The summed E-state index contributed by atoms with van der Waals surface area (Å²) < 4.78 is 0. The maximum Gasteiger partial charge on any atom is 0.308 e. The van der Waals surface area contributed by atoms with Gasteiger partial charge in [-0.05, 0) is 12.5 Å². The van der Waals surface area contributed by atoms with Crippen molar-refractivity contribution in [3.05, 3.63) is 39.9 Å². The molecule has 0 aromatic heterocycles. The van der Waals surface area contributed by atoms with Crippen molar-refractivity contribution in [1.29, 1.82) is 0 Å². The Bertz CT molecular complexity index is 515. The van der Waals surface area contributed by atoms with Crippen molar-refractivity contribution in [3.63, 3.8) is 0 Å². The SMILES string of the molecule is CCCC(CNC(=O)c1cccc([N+](=O)[O-])c1)C(=O)O. The number of hydrogen-bond acceptors (Lipinski definition) is 4. The molecule has 0 aliphatic rings. The molecule has 0 aliphatic carbocycles. The fourth-order valence-electron chi connectivity index (χ4n) is 1.74. The number of rotatable bonds is 7. The summed E-state index contributed by atoms with van der Waals surface area (Å²) in [4.78, 5) is 32.8. The van der Waals surface area contributed by atoms with E-state index >= 15 is 0 Å². The predicted octanol–water partition coefficient (Wildman–Crippen LogP) is 1.83. The summed E-state index contributed by atoms with van der Waals surface area (Å²) >= 11 is 0. The Kier molecular flexibility index (Phi) is 5.64. The van der Waals surface area contributed by atoms with Gasteiger partial charge < -0.3 is 10.4 Å². The number of nitrogens with zero attached hydrogens (tertiary/aromatic N) is 1. The van der Waals surface area contributed by atoms with E-state index in [0.717, 1.165) is 6.07 Å². The molecule has 0 fully saturated rings. The zero-order chi connectivity index (χ0) is 15.1. The largest absolute Gasteiger partial charge is 0.481 e. The van der Waals surface area contributed by atoms with Crippen LogP contribution in [0.3, 0.4) is 0 Å². The van der Waals surface area contributed by atoms with Crippen molar-refractivity contribution in [3.8, 4) is 0 Å². The second-order valence-corrected chi connectivity index (χ2v) is 4.34. The molecule has 1 atom stereocenters. The van der Waals surface area contributed by atoms with Crippen LogP contribution in [-0.2, 0) is 4.79 Å². The Hall–Kier alpha value is -2.44. The lowest BCUT2D eigenvalue weighted by Crippen LogP contribution is -2.32. The number of non-ortho nitro benzene ring substituents is 1.